The second-order valence-electron chi connectivity index (χ2n) is 4.37. The van der Waals surface area contributed by atoms with Gasteiger partial charge in [0, 0.05) is 21.4 Å². The zero-order valence-corrected chi connectivity index (χ0v) is 13.4. The molecule has 0 radical (unpaired) electrons. The second-order valence-corrected chi connectivity index (χ2v) is 6.08. The Balaban J connectivity index is 2.58. The van der Waals surface area contributed by atoms with Crippen LogP contribution in [0.4, 0.5) is 0 Å². The van der Waals surface area contributed by atoms with Gasteiger partial charge in [-0.15, -0.1) is 0 Å². The number of carbonyl (C=O) groups is 1. The number of nitrogens with two attached hydrogens (primary N) is 1. The molecule has 0 heterocycles. The fraction of sp³-hybridized carbons (Fsp3) is 0.462. The Hall–Kier alpha value is -0.390. The van der Waals surface area contributed by atoms with Gasteiger partial charge in [0.2, 0.25) is 0 Å². The van der Waals surface area contributed by atoms with Gasteiger partial charge in [-0.1, -0.05) is 38.3 Å². The molecule has 3 nitrogen and oxygen atoms in total. The fourth-order valence-electron chi connectivity index (χ4n) is 1.74. The second kappa shape index (κ2) is 7.26. The summed E-state index contributed by atoms with van der Waals surface area (Å²) in [4.78, 5) is 10.4. The smallest absolute Gasteiger partial charge is 0.303 e. The molecule has 0 spiro atoms. The topological polar surface area (TPSA) is 63.3 Å². The number of aryl methyl sites for hydroxylation is 1. The zero-order chi connectivity index (χ0) is 13.7. The molecular formula is C13H17Br2NO2. The molecule has 0 aliphatic rings. The van der Waals surface area contributed by atoms with E-state index in [4.69, 9.17) is 10.8 Å². The maximum absolute atomic E-state index is 10.4. The maximum atomic E-state index is 10.4. The summed E-state index contributed by atoms with van der Waals surface area (Å²) in [6, 6.07) is 4.00. The van der Waals surface area contributed by atoms with Gasteiger partial charge in [-0.2, -0.15) is 0 Å². The van der Waals surface area contributed by atoms with E-state index in [2.05, 4.69) is 31.9 Å². The van der Waals surface area contributed by atoms with E-state index < -0.39 is 5.97 Å². The first-order valence-corrected chi connectivity index (χ1v) is 7.43. The monoisotopic (exact) mass is 377 g/mol. The highest BCUT2D eigenvalue weighted by molar-refractivity contribution is 9.11. The van der Waals surface area contributed by atoms with Crippen molar-refractivity contribution in [2.45, 2.75) is 38.6 Å². The highest BCUT2D eigenvalue weighted by Crippen LogP contribution is 2.30. The Labute approximate surface area is 124 Å². The van der Waals surface area contributed by atoms with Crippen LogP contribution in [0.15, 0.2) is 21.1 Å². The summed E-state index contributed by atoms with van der Waals surface area (Å²) in [7, 11) is 0. The standard InChI is InChI=1S/C13H17Br2NO2/c1-8-6-11(15)9(7-10(8)14)12(16)4-2-3-5-13(17)18/h6-7,12H,2-5,16H2,1H3,(H,17,18). The molecule has 1 unspecified atom stereocenters. The van der Waals surface area contributed by atoms with E-state index in [-0.39, 0.29) is 12.5 Å². The average molecular weight is 379 g/mol. The lowest BCUT2D eigenvalue weighted by Gasteiger charge is -2.15. The largest absolute Gasteiger partial charge is 0.481 e. The van der Waals surface area contributed by atoms with Gasteiger partial charge in [-0.05, 0) is 43.0 Å². The van der Waals surface area contributed by atoms with Crippen molar-refractivity contribution in [3.05, 3.63) is 32.2 Å². The highest BCUT2D eigenvalue weighted by atomic mass is 79.9. The maximum Gasteiger partial charge on any atom is 0.303 e. The third-order valence-corrected chi connectivity index (χ3v) is 4.37. The zero-order valence-electron chi connectivity index (χ0n) is 10.2. The van der Waals surface area contributed by atoms with Crippen LogP contribution in [0.2, 0.25) is 0 Å². The van der Waals surface area contributed by atoms with E-state index >= 15 is 0 Å². The molecule has 1 rings (SSSR count). The summed E-state index contributed by atoms with van der Waals surface area (Å²) < 4.78 is 2.05. The first-order valence-electron chi connectivity index (χ1n) is 5.84. The summed E-state index contributed by atoms with van der Waals surface area (Å²) in [5.41, 5.74) is 8.35. The van der Waals surface area contributed by atoms with E-state index in [1.54, 1.807) is 0 Å². The molecule has 0 saturated carbocycles. The summed E-state index contributed by atoms with van der Waals surface area (Å²) in [6.07, 6.45) is 2.51. The molecule has 100 valence electrons. The predicted molar refractivity (Wildman–Crippen MR) is 79.6 cm³/mol. The van der Waals surface area contributed by atoms with Crippen molar-refractivity contribution in [1.29, 1.82) is 0 Å². The average Bonchev–Trinajstić information content (AvgIpc) is 2.28. The summed E-state index contributed by atoms with van der Waals surface area (Å²) in [6.45, 7) is 2.02. The Morgan fingerprint density at radius 1 is 1.33 bits per heavy atom. The van der Waals surface area contributed by atoms with Gasteiger partial charge in [-0.3, -0.25) is 4.79 Å². The van der Waals surface area contributed by atoms with Crippen LogP contribution in [0.1, 0.15) is 42.9 Å². The van der Waals surface area contributed by atoms with Gasteiger partial charge in [0.1, 0.15) is 0 Å². The van der Waals surface area contributed by atoms with E-state index in [9.17, 15) is 4.79 Å². The number of unbranched alkanes of at least 4 members (excludes halogenated alkanes) is 1. The fourth-order valence-corrected chi connectivity index (χ4v) is 2.85. The molecule has 1 aromatic carbocycles. The number of halogens is 2. The molecule has 5 heteroatoms. The molecule has 1 atom stereocenters. The van der Waals surface area contributed by atoms with Crippen molar-refractivity contribution >= 4 is 37.8 Å². The van der Waals surface area contributed by atoms with Gasteiger partial charge in [0.15, 0.2) is 0 Å². The van der Waals surface area contributed by atoms with E-state index in [1.807, 2.05) is 19.1 Å². The van der Waals surface area contributed by atoms with E-state index in [1.165, 1.54) is 0 Å². The molecule has 0 fully saturated rings. The normalized spacial score (nSPS) is 12.4. The third kappa shape index (κ3) is 4.71. The molecule has 18 heavy (non-hydrogen) atoms. The van der Waals surface area contributed by atoms with Crippen molar-refractivity contribution in [3.63, 3.8) is 0 Å². The summed E-state index contributed by atoms with van der Waals surface area (Å²) >= 11 is 7.01. The van der Waals surface area contributed by atoms with Crippen LogP contribution in [-0.4, -0.2) is 11.1 Å². The van der Waals surface area contributed by atoms with Crippen molar-refractivity contribution in [2.75, 3.05) is 0 Å². The van der Waals surface area contributed by atoms with Gasteiger partial charge < -0.3 is 10.8 Å². The SMILES string of the molecule is Cc1cc(Br)c(C(N)CCCCC(=O)O)cc1Br. The van der Waals surface area contributed by atoms with Crippen LogP contribution in [-0.2, 0) is 4.79 Å². The number of benzene rings is 1. The van der Waals surface area contributed by atoms with Crippen molar-refractivity contribution in [2.24, 2.45) is 5.73 Å². The highest BCUT2D eigenvalue weighted by Gasteiger charge is 2.12. The number of hydrogen-bond acceptors (Lipinski definition) is 2. The van der Waals surface area contributed by atoms with Crippen molar-refractivity contribution in [1.82, 2.24) is 0 Å². The molecular weight excluding hydrogens is 362 g/mol. The Morgan fingerprint density at radius 3 is 2.61 bits per heavy atom. The van der Waals surface area contributed by atoms with Gasteiger partial charge in [-0.25, -0.2) is 0 Å². The molecule has 0 bridgehead atoms. The lowest BCUT2D eigenvalue weighted by atomic mass is 10.0. The molecule has 0 amide bonds. The molecule has 0 aromatic heterocycles. The van der Waals surface area contributed by atoms with Gasteiger partial charge in [0.25, 0.3) is 0 Å². The van der Waals surface area contributed by atoms with Crippen LogP contribution >= 0.6 is 31.9 Å². The van der Waals surface area contributed by atoms with Gasteiger partial charge in [0.05, 0.1) is 0 Å². The molecule has 3 N–H and O–H groups in total. The van der Waals surface area contributed by atoms with E-state index in [0.717, 1.165) is 32.9 Å². The van der Waals surface area contributed by atoms with Crippen LogP contribution in [0.5, 0.6) is 0 Å². The molecule has 0 saturated heterocycles. The minimum Gasteiger partial charge on any atom is -0.481 e. The van der Waals surface area contributed by atoms with Crippen LogP contribution in [0, 0.1) is 6.92 Å². The minimum atomic E-state index is -0.747. The number of rotatable bonds is 6. The first kappa shape index (κ1) is 15.7. The van der Waals surface area contributed by atoms with Crippen LogP contribution < -0.4 is 5.73 Å². The lowest BCUT2D eigenvalue weighted by molar-refractivity contribution is -0.137. The Morgan fingerprint density at radius 2 is 2.00 bits per heavy atom. The van der Waals surface area contributed by atoms with E-state index in [0.29, 0.717) is 6.42 Å². The number of aliphatic carboxylic acids is 1. The van der Waals surface area contributed by atoms with Crippen LogP contribution in [0.3, 0.4) is 0 Å². The number of hydrogen-bond donors (Lipinski definition) is 2. The van der Waals surface area contributed by atoms with Crippen molar-refractivity contribution < 1.29 is 9.90 Å². The quantitative estimate of drug-likeness (QED) is 0.730. The Kier molecular flexibility index (Phi) is 6.32. The number of carboxylic acids is 1. The third-order valence-electron chi connectivity index (χ3n) is 2.83. The summed E-state index contributed by atoms with van der Waals surface area (Å²) in [5.74, 6) is -0.747. The van der Waals surface area contributed by atoms with Gasteiger partial charge >= 0.3 is 5.97 Å². The molecule has 0 aliphatic carbocycles. The summed E-state index contributed by atoms with van der Waals surface area (Å²) in [5, 5.41) is 8.56. The molecule has 0 aliphatic heterocycles. The number of carboxylic acid groups (broad SMARTS) is 1. The lowest BCUT2D eigenvalue weighted by Crippen LogP contribution is -2.11. The van der Waals surface area contributed by atoms with Crippen LogP contribution in [0.25, 0.3) is 0 Å². The molecule has 1 aromatic rings. The predicted octanol–water partition coefficient (Wildman–Crippen LogP) is 4.16. The first-order chi connectivity index (χ1) is 8.41. The minimum absolute atomic E-state index is 0.0648. The van der Waals surface area contributed by atoms with Crippen molar-refractivity contribution in [3.8, 4) is 0 Å². The Bertz CT molecular complexity index is 435.